The number of aryl methyl sites for hydroxylation is 3. The van der Waals surface area contributed by atoms with Crippen molar-refractivity contribution >= 4 is 31.6 Å². The first-order valence-corrected chi connectivity index (χ1v) is 8.61. The fourth-order valence-electron chi connectivity index (χ4n) is 2.24. The van der Waals surface area contributed by atoms with Crippen molar-refractivity contribution < 1.29 is 12.8 Å². The Balaban J connectivity index is 2.48. The van der Waals surface area contributed by atoms with E-state index in [-0.39, 0.29) is 11.4 Å². The molecule has 0 unspecified atom stereocenters. The number of nitrogens with one attached hydrogen (secondary N) is 1. The minimum Gasteiger partial charge on any atom is -0.465 e. The van der Waals surface area contributed by atoms with Crippen molar-refractivity contribution in [2.24, 2.45) is 5.73 Å². The van der Waals surface area contributed by atoms with E-state index in [9.17, 15) is 8.42 Å². The highest BCUT2D eigenvalue weighted by Gasteiger charge is 2.26. The number of nitrogens with two attached hydrogens (primary N) is 1. The number of benzene rings is 1. The Morgan fingerprint density at radius 2 is 1.90 bits per heavy atom. The molecule has 1 aromatic carbocycles. The molecule has 0 radical (unpaired) electrons. The molecule has 0 atom stereocenters. The molecule has 0 aliphatic heterocycles. The zero-order chi connectivity index (χ0) is 15.8. The van der Waals surface area contributed by atoms with Gasteiger partial charge >= 0.3 is 0 Å². The minimum atomic E-state index is -3.74. The fourth-order valence-corrected chi connectivity index (χ4v) is 4.30. The normalized spacial score (nSPS) is 11.7. The first kappa shape index (κ1) is 16.1. The first-order valence-electron chi connectivity index (χ1n) is 6.34. The molecule has 0 amide bonds. The van der Waals surface area contributed by atoms with E-state index in [1.165, 1.54) is 0 Å². The Kier molecular flexibility index (Phi) is 4.46. The van der Waals surface area contributed by atoms with E-state index in [0.29, 0.717) is 22.8 Å². The highest BCUT2D eigenvalue weighted by molar-refractivity contribution is 9.10. The number of hydrogen-bond acceptors (Lipinski definition) is 4. The van der Waals surface area contributed by atoms with Crippen LogP contribution in [0.5, 0.6) is 0 Å². The lowest BCUT2D eigenvalue weighted by Gasteiger charge is -2.11. The SMILES string of the molecule is Cc1cc(Br)ccc1NS(=O)(=O)c1c(C)oc(C)c1CN. The summed E-state index contributed by atoms with van der Waals surface area (Å²) in [6, 6.07) is 5.33. The van der Waals surface area contributed by atoms with Crippen LogP contribution in [0.25, 0.3) is 0 Å². The van der Waals surface area contributed by atoms with E-state index < -0.39 is 10.0 Å². The molecule has 3 N–H and O–H groups in total. The van der Waals surface area contributed by atoms with Crippen LogP contribution < -0.4 is 10.5 Å². The molecular weight excluding hydrogens is 356 g/mol. The highest BCUT2D eigenvalue weighted by atomic mass is 79.9. The second-order valence-electron chi connectivity index (χ2n) is 4.79. The molecule has 0 saturated carbocycles. The summed E-state index contributed by atoms with van der Waals surface area (Å²) in [6.07, 6.45) is 0. The summed E-state index contributed by atoms with van der Waals surface area (Å²) in [5, 5.41) is 0. The van der Waals surface area contributed by atoms with E-state index in [4.69, 9.17) is 10.2 Å². The highest BCUT2D eigenvalue weighted by Crippen LogP contribution is 2.29. The third-order valence-electron chi connectivity index (χ3n) is 3.23. The maximum absolute atomic E-state index is 12.6. The summed E-state index contributed by atoms with van der Waals surface area (Å²) < 4.78 is 34.1. The molecule has 114 valence electrons. The summed E-state index contributed by atoms with van der Waals surface area (Å²) in [5.74, 6) is 0.873. The maximum atomic E-state index is 12.6. The van der Waals surface area contributed by atoms with Crippen LogP contribution in [0.3, 0.4) is 0 Å². The van der Waals surface area contributed by atoms with Crippen LogP contribution in [0.4, 0.5) is 5.69 Å². The molecule has 2 aromatic rings. The van der Waals surface area contributed by atoms with Gasteiger partial charge in [0.25, 0.3) is 10.0 Å². The lowest BCUT2D eigenvalue weighted by molar-refractivity contribution is 0.494. The molecule has 5 nitrogen and oxygen atoms in total. The van der Waals surface area contributed by atoms with Crippen molar-refractivity contribution in [3.05, 3.63) is 45.3 Å². The van der Waals surface area contributed by atoms with Gasteiger partial charge in [0.2, 0.25) is 0 Å². The second-order valence-corrected chi connectivity index (χ2v) is 7.33. The van der Waals surface area contributed by atoms with Crippen molar-refractivity contribution in [2.45, 2.75) is 32.2 Å². The standard InChI is InChI=1S/C14H17BrN2O3S/c1-8-6-11(15)4-5-13(8)17-21(18,19)14-10(3)20-9(2)12(14)7-16/h4-6,17H,7,16H2,1-3H3. The Hall–Kier alpha value is -1.31. The predicted molar refractivity (Wildman–Crippen MR) is 85.8 cm³/mol. The molecule has 0 saturated heterocycles. The average molecular weight is 373 g/mol. The van der Waals surface area contributed by atoms with Gasteiger partial charge in [0.15, 0.2) is 0 Å². The minimum absolute atomic E-state index is 0.110. The molecule has 1 aromatic heterocycles. The van der Waals surface area contributed by atoms with Crippen LogP contribution >= 0.6 is 15.9 Å². The quantitative estimate of drug-likeness (QED) is 0.862. The molecule has 0 bridgehead atoms. The molecular formula is C14H17BrN2O3S. The summed E-state index contributed by atoms with van der Waals surface area (Å²) in [6.45, 7) is 5.27. The van der Waals surface area contributed by atoms with Gasteiger partial charge in [-0.1, -0.05) is 15.9 Å². The molecule has 0 aliphatic rings. The topological polar surface area (TPSA) is 85.3 Å². The van der Waals surface area contributed by atoms with Gasteiger partial charge in [0, 0.05) is 16.6 Å². The number of furan rings is 1. The van der Waals surface area contributed by atoms with E-state index >= 15 is 0 Å². The summed E-state index contributed by atoms with van der Waals surface area (Å²) in [5.41, 5.74) is 7.50. The Morgan fingerprint density at radius 3 is 2.48 bits per heavy atom. The Morgan fingerprint density at radius 1 is 1.24 bits per heavy atom. The molecule has 0 fully saturated rings. The number of rotatable bonds is 4. The zero-order valence-electron chi connectivity index (χ0n) is 12.0. The number of hydrogen-bond donors (Lipinski definition) is 2. The maximum Gasteiger partial charge on any atom is 0.265 e. The van der Waals surface area contributed by atoms with Gasteiger partial charge in [-0.25, -0.2) is 8.42 Å². The molecule has 7 heteroatoms. The van der Waals surface area contributed by atoms with Crippen LogP contribution in [0.2, 0.25) is 0 Å². The smallest absolute Gasteiger partial charge is 0.265 e. The lowest BCUT2D eigenvalue weighted by atomic mass is 10.2. The van der Waals surface area contributed by atoms with Crippen molar-refractivity contribution in [2.75, 3.05) is 4.72 Å². The predicted octanol–water partition coefficient (Wildman–Crippen LogP) is 3.23. The van der Waals surface area contributed by atoms with E-state index in [2.05, 4.69) is 20.7 Å². The fraction of sp³-hybridized carbons (Fsp3) is 0.286. The Bertz CT molecular complexity index is 782. The van der Waals surface area contributed by atoms with Gasteiger partial charge in [-0.3, -0.25) is 4.72 Å². The van der Waals surface area contributed by atoms with Crippen molar-refractivity contribution in [3.63, 3.8) is 0 Å². The molecule has 21 heavy (non-hydrogen) atoms. The van der Waals surface area contributed by atoms with Crippen molar-refractivity contribution in [1.82, 2.24) is 0 Å². The monoisotopic (exact) mass is 372 g/mol. The first-order chi connectivity index (χ1) is 9.76. The number of sulfonamides is 1. The van der Waals surface area contributed by atoms with Gasteiger partial charge in [-0.15, -0.1) is 0 Å². The average Bonchev–Trinajstić information content (AvgIpc) is 2.67. The van der Waals surface area contributed by atoms with Gasteiger partial charge in [0.05, 0.1) is 5.69 Å². The zero-order valence-corrected chi connectivity index (χ0v) is 14.4. The van der Waals surface area contributed by atoms with Gasteiger partial charge in [0.1, 0.15) is 16.4 Å². The third-order valence-corrected chi connectivity index (χ3v) is 5.28. The van der Waals surface area contributed by atoms with Crippen molar-refractivity contribution in [1.29, 1.82) is 0 Å². The lowest BCUT2D eigenvalue weighted by Crippen LogP contribution is -2.17. The van der Waals surface area contributed by atoms with Crippen LogP contribution in [-0.4, -0.2) is 8.42 Å². The van der Waals surface area contributed by atoms with Crippen LogP contribution in [-0.2, 0) is 16.6 Å². The van der Waals surface area contributed by atoms with Gasteiger partial charge in [-0.2, -0.15) is 0 Å². The molecule has 0 aliphatic carbocycles. The van der Waals surface area contributed by atoms with E-state index in [1.54, 1.807) is 26.0 Å². The van der Waals surface area contributed by atoms with Crippen molar-refractivity contribution in [3.8, 4) is 0 Å². The molecule has 2 rings (SSSR count). The third kappa shape index (κ3) is 3.14. The van der Waals surface area contributed by atoms with Gasteiger partial charge in [-0.05, 0) is 44.5 Å². The van der Waals surface area contributed by atoms with Crippen LogP contribution in [0, 0.1) is 20.8 Å². The number of anilines is 1. The summed E-state index contributed by atoms with van der Waals surface area (Å²) >= 11 is 3.35. The van der Waals surface area contributed by atoms with E-state index in [1.807, 2.05) is 13.0 Å². The number of halogens is 1. The van der Waals surface area contributed by atoms with Gasteiger partial charge < -0.3 is 10.2 Å². The Labute approximate surface area is 132 Å². The second kappa shape index (κ2) is 5.82. The summed E-state index contributed by atoms with van der Waals surface area (Å²) in [7, 11) is -3.74. The summed E-state index contributed by atoms with van der Waals surface area (Å²) in [4.78, 5) is 0.129. The molecule has 1 heterocycles. The largest absolute Gasteiger partial charge is 0.465 e. The van der Waals surface area contributed by atoms with Crippen LogP contribution in [0.15, 0.2) is 32.0 Å². The van der Waals surface area contributed by atoms with E-state index in [0.717, 1.165) is 10.0 Å². The molecule has 0 spiro atoms. The van der Waals surface area contributed by atoms with Crippen LogP contribution in [0.1, 0.15) is 22.6 Å².